The number of hydrogen-bond acceptors (Lipinski definition) is 3. The minimum Gasteiger partial charge on any atom is -0.493 e. The van der Waals surface area contributed by atoms with Crippen molar-refractivity contribution >= 4 is 6.03 Å². The number of nitrogens with zero attached hydrogens (tertiary/aromatic N) is 3. The van der Waals surface area contributed by atoms with Gasteiger partial charge in [0, 0.05) is 12.6 Å². The van der Waals surface area contributed by atoms with Crippen LogP contribution in [0.3, 0.4) is 0 Å². The molecule has 2 saturated heterocycles. The monoisotopic (exact) mass is 395 g/mol. The van der Waals surface area contributed by atoms with Gasteiger partial charge in [-0.25, -0.2) is 13.6 Å². The summed E-state index contributed by atoms with van der Waals surface area (Å²) >= 11 is 0. The molecule has 0 radical (unpaired) electrons. The number of hydrogen-bond donors (Lipinski definition) is 0. The molecule has 0 N–H and O–H groups in total. The highest BCUT2D eigenvalue weighted by atomic mass is 19.3. The largest absolute Gasteiger partial charge is 0.493 e. The maximum absolute atomic E-state index is 14.4. The molecule has 0 unspecified atom stereocenters. The number of benzene rings is 1. The number of urea groups is 1. The van der Waals surface area contributed by atoms with Crippen molar-refractivity contribution in [2.24, 2.45) is 5.92 Å². The van der Waals surface area contributed by atoms with Crippen LogP contribution in [0, 0.1) is 5.92 Å². The predicted octanol–water partition coefficient (Wildman–Crippen LogP) is 3.69. The minimum atomic E-state index is -2.89. The second-order valence-corrected chi connectivity index (χ2v) is 8.51. The summed E-state index contributed by atoms with van der Waals surface area (Å²) < 4.78 is 34.4. The van der Waals surface area contributed by atoms with Crippen LogP contribution in [0.5, 0.6) is 5.75 Å². The van der Waals surface area contributed by atoms with Crippen molar-refractivity contribution < 1.29 is 18.3 Å². The van der Waals surface area contributed by atoms with Crippen LogP contribution < -0.4 is 4.74 Å². The first-order valence-corrected chi connectivity index (χ1v) is 10.1. The SMILES string of the molecule is CC(C)COc1ccc(CN2CC(F)(F)CN(C3CCN(C)CC3)C2=O)cc1. The molecule has 2 fully saturated rings. The Morgan fingerprint density at radius 1 is 1.14 bits per heavy atom. The van der Waals surface area contributed by atoms with Gasteiger partial charge < -0.3 is 19.4 Å². The molecular formula is C21H31F2N3O2. The van der Waals surface area contributed by atoms with E-state index in [2.05, 4.69) is 18.7 Å². The summed E-state index contributed by atoms with van der Waals surface area (Å²) in [5.41, 5.74) is 0.825. The van der Waals surface area contributed by atoms with Crippen LogP contribution in [0.2, 0.25) is 0 Å². The van der Waals surface area contributed by atoms with Crippen LogP contribution in [0.4, 0.5) is 13.6 Å². The van der Waals surface area contributed by atoms with Crippen molar-refractivity contribution in [1.82, 2.24) is 14.7 Å². The van der Waals surface area contributed by atoms with E-state index in [9.17, 15) is 13.6 Å². The van der Waals surface area contributed by atoms with E-state index >= 15 is 0 Å². The average Bonchev–Trinajstić information content (AvgIpc) is 2.64. The second kappa shape index (κ2) is 8.64. The lowest BCUT2D eigenvalue weighted by atomic mass is 10.0. The lowest BCUT2D eigenvalue weighted by Gasteiger charge is -2.45. The zero-order chi connectivity index (χ0) is 20.3. The van der Waals surface area contributed by atoms with Crippen molar-refractivity contribution in [3.63, 3.8) is 0 Å². The third-order valence-electron chi connectivity index (χ3n) is 5.35. The van der Waals surface area contributed by atoms with Gasteiger partial charge in [0.05, 0.1) is 19.7 Å². The van der Waals surface area contributed by atoms with Gasteiger partial charge in [0.1, 0.15) is 5.75 Å². The van der Waals surface area contributed by atoms with Crippen LogP contribution >= 0.6 is 0 Å². The zero-order valence-electron chi connectivity index (χ0n) is 17.0. The highest BCUT2D eigenvalue weighted by molar-refractivity contribution is 5.76. The molecule has 1 aromatic rings. The third-order valence-corrected chi connectivity index (χ3v) is 5.35. The van der Waals surface area contributed by atoms with Crippen LogP contribution in [-0.4, -0.2) is 72.5 Å². The Hall–Kier alpha value is -1.89. The van der Waals surface area contributed by atoms with E-state index in [4.69, 9.17) is 4.74 Å². The zero-order valence-corrected chi connectivity index (χ0v) is 17.0. The molecule has 2 amide bonds. The highest BCUT2D eigenvalue weighted by Gasteiger charge is 2.46. The molecule has 0 spiro atoms. The van der Waals surface area contributed by atoms with E-state index in [1.54, 1.807) is 0 Å². The maximum Gasteiger partial charge on any atom is 0.320 e. The van der Waals surface area contributed by atoms with Gasteiger partial charge in [-0.15, -0.1) is 0 Å². The van der Waals surface area contributed by atoms with Gasteiger partial charge in [-0.05, 0) is 56.6 Å². The Morgan fingerprint density at radius 3 is 2.39 bits per heavy atom. The molecule has 2 heterocycles. The van der Waals surface area contributed by atoms with E-state index in [1.807, 2.05) is 31.3 Å². The number of amides is 2. The van der Waals surface area contributed by atoms with Crippen molar-refractivity contribution in [3.8, 4) is 5.75 Å². The summed E-state index contributed by atoms with van der Waals surface area (Å²) in [6.07, 6.45) is 1.49. The van der Waals surface area contributed by atoms with Crippen molar-refractivity contribution in [1.29, 1.82) is 0 Å². The number of ether oxygens (including phenoxy) is 1. The van der Waals surface area contributed by atoms with Gasteiger partial charge in [-0.3, -0.25) is 0 Å². The number of carbonyl (C=O) groups excluding carboxylic acids is 1. The fraction of sp³-hybridized carbons (Fsp3) is 0.667. The highest BCUT2D eigenvalue weighted by Crippen LogP contribution is 2.29. The number of piperidine rings is 1. The quantitative estimate of drug-likeness (QED) is 0.737. The van der Waals surface area contributed by atoms with Crippen molar-refractivity contribution in [2.45, 2.75) is 45.2 Å². The summed E-state index contributed by atoms with van der Waals surface area (Å²) in [6, 6.07) is 6.97. The van der Waals surface area contributed by atoms with Gasteiger partial charge >= 0.3 is 6.03 Å². The first kappa shape index (κ1) is 20.8. The number of halogens is 2. The third kappa shape index (κ3) is 5.34. The molecule has 2 aliphatic rings. The number of likely N-dealkylation sites (tertiary alicyclic amines) is 1. The topological polar surface area (TPSA) is 36.0 Å². The summed E-state index contributed by atoms with van der Waals surface area (Å²) in [5, 5.41) is 0. The lowest BCUT2D eigenvalue weighted by molar-refractivity contribution is -0.0835. The predicted molar refractivity (Wildman–Crippen MR) is 105 cm³/mol. The van der Waals surface area contributed by atoms with Gasteiger partial charge in [0.25, 0.3) is 5.92 Å². The van der Waals surface area contributed by atoms with Crippen LogP contribution in [0.25, 0.3) is 0 Å². The maximum atomic E-state index is 14.4. The first-order valence-electron chi connectivity index (χ1n) is 10.1. The molecule has 0 bridgehead atoms. The Morgan fingerprint density at radius 2 is 1.79 bits per heavy atom. The van der Waals surface area contributed by atoms with E-state index in [0.29, 0.717) is 12.5 Å². The molecule has 5 nitrogen and oxygen atoms in total. The molecular weight excluding hydrogens is 364 g/mol. The molecule has 0 saturated carbocycles. The van der Waals surface area contributed by atoms with E-state index in [0.717, 1.165) is 37.2 Å². The standard InChI is InChI=1S/C21H31F2N3O2/c1-16(2)13-28-19-6-4-17(5-7-19)12-25-14-21(22,23)15-26(20(25)27)18-8-10-24(3)11-9-18/h4-7,16,18H,8-15H2,1-3H3. The number of rotatable bonds is 6. The number of alkyl halides is 2. The van der Waals surface area contributed by atoms with Gasteiger partial charge in [0.15, 0.2) is 0 Å². The van der Waals surface area contributed by atoms with Crippen LogP contribution in [-0.2, 0) is 6.54 Å². The van der Waals surface area contributed by atoms with E-state index in [1.165, 1.54) is 9.80 Å². The average molecular weight is 395 g/mol. The van der Waals surface area contributed by atoms with E-state index in [-0.39, 0.29) is 18.6 Å². The summed E-state index contributed by atoms with van der Waals surface area (Å²) in [4.78, 5) is 17.8. The van der Waals surface area contributed by atoms with Crippen LogP contribution in [0.15, 0.2) is 24.3 Å². The number of carbonyl (C=O) groups is 1. The van der Waals surface area contributed by atoms with Crippen molar-refractivity contribution in [2.75, 3.05) is 39.8 Å². The Kier molecular flexibility index (Phi) is 6.43. The Labute approximate surface area is 166 Å². The Bertz CT molecular complexity index is 658. The van der Waals surface area contributed by atoms with Crippen molar-refractivity contribution in [3.05, 3.63) is 29.8 Å². The molecule has 0 atom stereocenters. The second-order valence-electron chi connectivity index (χ2n) is 8.51. The van der Waals surface area contributed by atoms with Gasteiger partial charge in [-0.1, -0.05) is 26.0 Å². The van der Waals surface area contributed by atoms with Crippen LogP contribution in [0.1, 0.15) is 32.3 Å². The summed E-state index contributed by atoms with van der Waals surface area (Å²) in [7, 11) is 2.02. The Balaban J connectivity index is 1.66. The molecule has 0 aromatic heterocycles. The molecule has 156 valence electrons. The molecule has 0 aliphatic carbocycles. The fourth-order valence-electron chi connectivity index (χ4n) is 3.79. The molecule has 1 aromatic carbocycles. The fourth-order valence-corrected chi connectivity index (χ4v) is 3.79. The van der Waals surface area contributed by atoms with Gasteiger partial charge in [-0.2, -0.15) is 0 Å². The molecule has 7 heteroatoms. The summed E-state index contributed by atoms with van der Waals surface area (Å²) in [5.74, 6) is -1.71. The molecule has 28 heavy (non-hydrogen) atoms. The first-order chi connectivity index (χ1) is 13.2. The van der Waals surface area contributed by atoms with Gasteiger partial charge in [0.2, 0.25) is 0 Å². The minimum absolute atomic E-state index is 0.107. The molecule has 2 aliphatic heterocycles. The molecule has 3 rings (SSSR count). The summed E-state index contributed by atoms with van der Waals surface area (Å²) in [6.45, 7) is 5.62. The normalized spacial score (nSPS) is 21.4. The smallest absolute Gasteiger partial charge is 0.320 e. The lowest BCUT2D eigenvalue weighted by Crippen LogP contribution is -2.62. The van der Waals surface area contributed by atoms with E-state index < -0.39 is 19.0 Å².